The maximum absolute atomic E-state index is 11.5. The highest BCUT2D eigenvalue weighted by Gasteiger charge is 2.26. The summed E-state index contributed by atoms with van der Waals surface area (Å²) in [5.41, 5.74) is 3.29. The molecule has 1 saturated heterocycles. The largest absolute Gasteiger partial charge is 0.325 e. The van der Waals surface area contributed by atoms with E-state index in [-0.39, 0.29) is 5.91 Å². The minimum Gasteiger partial charge on any atom is -0.325 e. The fourth-order valence-electron chi connectivity index (χ4n) is 2.79. The third-order valence-corrected chi connectivity index (χ3v) is 3.83. The molecule has 2 heterocycles. The predicted octanol–water partition coefficient (Wildman–Crippen LogP) is 2.30. The maximum atomic E-state index is 11.5. The smallest absolute Gasteiger partial charge is 0.228 e. The van der Waals surface area contributed by atoms with Crippen LogP contribution in [-0.4, -0.2) is 19.0 Å². The molecular weight excluding hydrogens is 236 g/mol. The van der Waals surface area contributed by atoms with Crippen LogP contribution in [0.2, 0.25) is 5.02 Å². The predicted molar refractivity (Wildman–Crippen MR) is 68.6 cm³/mol. The van der Waals surface area contributed by atoms with Gasteiger partial charge in [-0.1, -0.05) is 11.6 Å². The number of benzene rings is 1. The van der Waals surface area contributed by atoms with E-state index in [4.69, 9.17) is 11.6 Å². The molecule has 1 aromatic rings. The first-order valence-electron chi connectivity index (χ1n) is 6.07. The Morgan fingerprint density at radius 2 is 2.00 bits per heavy atom. The van der Waals surface area contributed by atoms with Gasteiger partial charge in [0.05, 0.1) is 6.42 Å². The molecule has 0 saturated carbocycles. The molecule has 0 spiro atoms. The lowest BCUT2D eigenvalue weighted by molar-refractivity contribution is -0.115. The maximum Gasteiger partial charge on any atom is 0.228 e. The highest BCUT2D eigenvalue weighted by Crippen LogP contribution is 2.38. The van der Waals surface area contributed by atoms with Gasteiger partial charge >= 0.3 is 0 Å². The summed E-state index contributed by atoms with van der Waals surface area (Å²) in [6.45, 7) is 2.08. The number of nitrogens with one attached hydrogen (secondary N) is 2. The van der Waals surface area contributed by atoms with E-state index in [1.807, 2.05) is 12.1 Å². The second-order valence-electron chi connectivity index (χ2n) is 4.78. The molecule has 3 nitrogen and oxygen atoms in total. The second kappa shape index (κ2) is 4.31. The molecule has 1 fully saturated rings. The van der Waals surface area contributed by atoms with E-state index in [0.717, 1.165) is 42.2 Å². The first kappa shape index (κ1) is 11.1. The minimum atomic E-state index is 0.0810. The molecule has 0 bridgehead atoms. The molecule has 0 aliphatic carbocycles. The Bertz CT molecular complexity index is 467. The lowest BCUT2D eigenvalue weighted by Crippen LogP contribution is -2.27. The van der Waals surface area contributed by atoms with E-state index in [1.54, 1.807) is 0 Å². The average molecular weight is 251 g/mol. The number of amides is 1. The van der Waals surface area contributed by atoms with Crippen LogP contribution in [0.4, 0.5) is 5.69 Å². The number of rotatable bonds is 1. The monoisotopic (exact) mass is 250 g/mol. The number of carbonyl (C=O) groups is 1. The van der Waals surface area contributed by atoms with Crippen molar-refractivity contribution >= 4 is 23.2 Å². The summed E-state index contributed by atoms with van der Waals surface area (Å²) in [6, 6.07) is 3.92. The molecule has 1 amide bonds. The van der Waals surface area contributed by atoms with Gasteiger partial charge in [-0.15, -0.1) is 0 Å². The molecule has 17 heavy (non-hydrogen) atoms. The summed E-state index contributed by atoms with van der Waals surface area (Å²) in [5, 5.41) is 7.07. The molecule has 0 radical (unpaired) electrons. The van der Waals surface area contributed by atoms with Crippen molar-refractivity contribution in [1.82, 2.24) is 5.32 Å². The van der Waals surface area contributed by atoms with Gasteiger partial charge < -0.3 is 10.6 Å². The molecule has 0 atom stereocenters. The van der Waals surface area contributed by atoms with Crippen molar-refractivity contribution in [2.45, 2.75) is 25.2 Å². The second-order valence-corrected chi connectivity index (χ2v) is 5.21. The summed E-state index contributed by atoms with van der Waals surface area (Å²) < 4.78 is 0. The van der Waals surface area contributed by atoms with Crippen molar-refractivity contribution < 1.29 is 4.79 Å². The molecule has 2 aliphatic rings. The number of hydrogen-bond donors (Lipinski definition) is 2. The third-order valence-electron chi connectivity index (χ3n) is 3.61. The van der Waals surface area contributed by atoms with Crippen molar-refractivity contribution in [3.8, 4) is 0 Å². The molecule has 4 heteroatoms. The topological polar surface area (TPSA) is 41.1 Å². The fraction of sp³-hybridized carbons (Fsp3) is 0.462. The molecule has 2 N–H and O–H groups in total. The quantitative estimate of drug-likeness (QED) is 0.803. The van der Waals surface area contributed by atoms with Gasteiger partial charge in [-0.3, -0.25) is 4.79 Å². The van der Waals surface area contributed by atoms with Crippen LogP contribution < -0.4 is 10.6 Å². The molecular formula is C13H15ClN2O. The van der Waals surface area contributed by atoms with Gasteiger partial charge in [0.2, 0.25) is 5.91 Å². The van der Waals surface area contributed by atoms with Crippen LogP contribution >= 0.6 is 11.6 Å². The van der Waals surface area contributed by atoms with Crippen LogP contribution in [0.3, 0.4) is 0 Å². The Morgan fingerprint density at radius 3 is 2.76 bits per heavy atom. The molecule has 2 aliphatic heterocycles. The van der Waals surface area contributed by atoms with Crippen LogP contribution in [-0.2, 0) is 11.2 Å². The average Bonchev–Trinajstić information content (AvgIpc) is 2.69. The summed E-state index contributed by atoms with van der Waals surface area (Å²) in [4.78, 5) is 11.5. The number of piperidine rings is 1. The van der Waals surface area contributed by atoms with Crippen molar-refractivity contribution in [3.63, 3.8) is 0 Å². The van der Waals surface area contributed by atoms with E-state index >= 15 is 0 Å². The molecule has 1 aromatic carbocycles. The highest BCUT2D eigenvalue weighted by atomic mass is 35.5. The van der Waals surface area contributed by atoms with E-state index in [0.29, 0.717) is 12.3 Å². The summed E-state index contributed by atoms with van der Waals surface area (Å²) in [5.74, 6) is 0.597. The zero-order chi connectivity index (χ0) is 11.8. The number of hydrogen-bond acceptors (Lipinski definition) is 2. The standard InChI is InChI=1S/C13H15ClN2O/c14-10-5-9-6-12(17)16-13(9)11(7-10)8-1-3-15-4-2-8/h5,7-8,15H,1-4,6H2,(H,16,17). The normalized spacial score (nSPS) is 20.2. The summed E-state index contributed by atoms with van der Waals surface area (Å²) in [6.07, 6.45) is 2.69. The molecule has 3 rings (SSSR count). The number of fused-ring (bicyclic) bond motifs is 1. The van der Waals surface area contributed by atoms with Gasteiger partial charge in [0.25, 0.3) is 0 Å². The summed E-state index contributed by atoms with van der Waals surface area (Å²) >= 11 is 6.14. The van der Waals surface area contributed by atoms with Crippen LogP contribution in [0.1, 0.15) is 29.9 Å². The molecule has 90 valence electrons. The van der Waals surface area contributed by atoms with Crippen molar-refractivity contribution in [1.29, 1.82) is 0 Å². The first-order chi connectivity index (χ1) is 8.24. The fourth-order valence-corrected chi connectivity index (χ4v) is 3.04. The number of anilines is 1. The third kappa shape index (κ3) is 2.05. The van der Waals surface area contributed by atoms with Gasteiger partial charge in [0.1, 0.15) is 0 Å². The minimum absolute atomic E-state index is 0.0810. The van der Waals surface area contributed by atoms with Crippen LogP contribution in [0.25, 0.3) is 0 Å². The lowest BCUT2D eigenvalue weighted by atomic mass is 9.88. The van der Waals surface area contributed by atoms with Gasteiger partial charge in [-0.2, -0.15) is 0 Å². The Labute approximate surface area is 106 Å². The van der Waals surface area contributed by atoms with Gasteiger partial charge in [0.15, 0.2) is 0 Å². The Morgan fingerprint density at radius 1 is 1.24 bits per heavy atom. The van der Waals surface area contributed by atoms with Crippen LogP contribution in [0, 0.1) is 0 Å². The van der Waals surface area contributed by atoms with Crippen LogP contribution in [0.5, 0.6) is 0 Å². The van der Waals surface area contributed by atoms with Crippen molar-refractivity contribution in [3.05, 3.63) is 28.3 Å². The Kier molecular flexibility index (Phi) is 2.81. The van der Waals surface area contributed by atoms with E-state index in [2.05, 4.69) is 10.6 Å². The van der Waals surface area contributed by atoms with Gasteiger partial charge in [-0.05, 0) is 55.1 Å². The molecule has 0 unspecified atom stereocenters. The Balaban J connectivity index is 2.01. The van der Waals surface area contributed by atoms with E-state index in [1.165, 1.54) is 5.56 Å². The zero-order valence-electron chi connectivity index (χ0n) is 9.55. The van der Waals surface area contributed by atoms with E-state index < -0.39 is 0 Å². The van der Waals surface area contributed by atoms with Gasteiger partial charge in [0, 0.05) is 10.7 Å². The van der Waals surface area contributed by atoms with Crippen molar-refractivity contribution in [2.75, 3.05) is 18.4 Å². The number of carbonyl (C=O) groups excluding carboxylic acids is 1. The highest BCUT2D eigenvalue weighted by molar-refractivity contribution is 6.31. The SMILES string of the molecule is O=C1Cc2cc(Cl)cc(C3CCNCC3)c2N1. The first-order valence-corrected chi connectivity index (χ1v) is 6.45. The molecule has 0 aromatic heterocycles. The zero-order valence-corrected chi connectivity index (χ0v) is 10.3. The van der Waals surface area contributed by atoms with Crippen molar-refractivity contribution in [2.24, 2.45) is 0 Å². The summed E-state index contributed by atoms with van der Waals surface area (Å²) in [7, 11) is 0. The van der Waals surface area contributed by atoms with Crippen LogP contribution in [0.15, 0.2) is 12.1 Å². The lowest BCUT2D eigenvalue weighted by Gasteiger charge is -2.25. The van der Waals surface area contributed by atoms with E-state index in [9.17, 15) is 4.79 Å². The van der Waals surface area contributed by atoms with Gasteiger partial charge in [-0.25, -0.2) is 0 Å². The Hall–Kier alpha value is -1.06. The number of halogens is 1.